The number of hydrogen-bond acceptors (Lipinski definition) is 2. The van der Waals surface area contributed by atoms with Crippen LogP contribution in [0.4, 0.5) is 0 Å². The fourth-order valence-corrected chi connectivity index (χ4v) is 9.24. The Balaban J connectivity index is 1.66. The third-order valence-electron chi connectivity index (χ3n) is 9.26. The van der Waals surface area contributed by atoms with Crippen molar-refractivity contribution < 1.29 is 5.11 Å². The maximum Gasteiger partial charge on any atom is 0.0622 e. The van der Waals surface area contributed by atoms with Gasteiger partial charge in [0.2, 0.25) is 0 Å². The van der Waals surface area contributed by atoms with Gasteiger partial charge in [-0.1, -0.05) is 18.6 Å². The van der Waals surface area contributed by atoms with E-state index < -0.39 is 5.60 Å². The molecule has 0 saturated heterocycles. The van der Waals surface area contributed by atoms with E-state index in [9.17, 15) is 5.11 Å². The van der Waals surface area contributed by atoms with Gasteiger partial charge in [0.25, 0.3) is 0 Å². The molecule has 7 atom stereocenters. The molecule has 0 aromatic rings. The second kappa shape index (κ2) is 6.30. The molecule has 0 spiro atoms. The number of aliphatic hydroxyl groups is 1. The lowest BCUT2D eigenvalue weighted by Gasteiger charge is -2.62. The maximum absolute atomic E-state index is 10.7. The van der Waals surface area contributed by atoms with Crippen LogP contribution in [0.15, 0.2) is 11.6 Å². The molecule has 0 bridgehead atoms. The summed E-state index contributed by atoms with van der Waals surface area (Å²) in [4.78, 5) is 0. The quantitative estimate of drug-likeness (QED) is 0.602. The van der Waals surface area contributed by atoms with Crippen molar-refractivity contribution in [3.63, 3.8) is 0 Å². The Morgan fingerprint density at radius 3 is 2.60 bits per heavy atom. The summed E-state index contributed by atoms with van der Waals surface area (Å²) in [6.07, 6.45) is 16.6. The van der Waals surface area contributed by atoms with Crippen molar-refractivity contribution in [2.45, 2.75) is 84.2 Å². The first-order valence-electron chi connectivity index (χ1n) is 10.7. The van der Waals surface area contributed by atoms with Crippen molar-refractivity contribution in [2.24, 2.45) is 34.5 Å². The number of fused-ring (bicyclic) bond motifs is 5. The monoisotopic (exact) mass is 362 g/mol. The summed E-state index contributed by atoms with van der Waals surface area (Å²) >= 11 is 2.08. The Labute approximate surface area is 159 Å². The van der Waals surface area contributed by atoms with Gasteiger partial charge in [0, 0.05) is 0 Å². The van der Waals surface area contributed by atoms with Gasteiger partial charge in [-0.3, -0.25) is 0 Å². The van der Waals surface area contributed by atoms with Gasteiger partial charge < -0.3 is 5.11 Å². The molecule has 0 amide bonds. The normalized spacial score (nSPS) is 54.0. The Morgan fingerprint density at radius 1 is 1.08 bits per heavy atom. The molecule has 1 N–H and O–H groups in total. The molecular weight excluding hydrogens is 324 g/mol. The van der Waals surface area contributed by atoms with Gasteiger partial charge in [-0.05, 0) is 118 Å². The van der Waals surface area contributed by atoms with Crippen LogP contribution < -0.4 is 0 Å². The molecule has 4 rings (SSSR count). The van der Waals surface area contributed by atoms with Crippen LogP contribution in [-0.2, 0) is 0 Å². The average Bonchev–Trinajstić information content (AvgIpc) is 2.91. The maximum atomic E-state index is 10.7. The predicted octanol–water partition coefficient (Wildman–Crippen LogP) is 6.07. The predicted molar refractivity (Wildman–Crippen MR) is 109 cm³/mol. The van der Waals surface area contributed by atoms with Crippen molar-refractivity contribution in [1.82, 2.24) is 0 Å². The fraction of sp³-hybridized carbons (Fsp3) is 0.913. The first-order valence-corrected chi connectivity index (χ1v) is 12.1. The third kappa shape index (κ3) is 2.68. The van der Waals surface area contributed by atoms with E-state index in [1.807, 2.05) is 0 Å². The topological polar surface area (TPSA) is 20.2 Å². The molecule has 0 unspecified atom stereocenters. The molecule has 0 aromatic heterocycles. The summed E-state index contributed by atoms with van der Waals surface area (Å²) in [7, 11) is 0. The molecule has 0 radical (unpaired) electrons. The molecule has 4 aliphatic rings. The summed E-state index contributed by atoms with van der Waals surface area (Å²) in [6, 6.07) is 0. The van der Waals surface area contributed by atoms with Gasteiger partial charge in [0.15, 0.2) is 0 Å². The number of thioether (sulfide) groups is 1. The van der Waals surface area contributed by atoms with E-state index in [1.54, 1.807) is 5.57 Å². The van der Waals surface area contributed by atoms with E-state index in [0.29, 0.717) is 10.8 Å². The van der Waals surface area contributed by atoms with Gasteiger partial charge in [0.05, 0.1) is 5.60 Å². The van der Waals surface area contributed by atoms with Crippen molar-refractivity contribution >= 4 is 11.8 Å². The van der Waals surface area contributed by atoms with E-state index >= 15 is 0 Å². The van der Waals surface area contributed by atoms with Crippen LogP contribution in [0.2, 0.25) is 0 Å². The smallest absolute Gasteiger partial charge is 0.0622 e. The molecule has 4 fully saturated rings. The molecule has 2 heteroatoms. The van der Waals surface area contributed by atoms with Gasteiger partial charge >= 0.3 is 0 Å². The molecule has 4 aliphatic carbocycles. The van der Waals surface area contributed by atoms with E-state index in [4.69, 9.17) is 0 Å². The molecule has 0 heterocycles. The van der Waals surface area contributed by atoms with Gasteiger partial charge in [-0.2, -0.15) is 11.8 Å². The minimum absolute atomic E-state index is 0.409. The second-order valence-corrected chi connectivity index (χ2v) is 11.2. The van der Waals surface area contributed by atoms with Crippen LogP contribution in [0.5, 0.6) is 0 Å². The summed E-state index contributed by atoms with van der Waals surface area (Å²) in [5.74, 6) is 4.89. The Morgan fingerprint density at radius 2 is 1.88 bits per heavy atom. The molecule has 142 valence electrons. The number of rotatable bonds is 2. The molecule has 4 saturated carbocycles. The SMILES string of the molecule is CC=C1CC[C@H]2[C@@H]3CC[C@@H]4C[C@](C)(O)CC[C@]4(CSC)[C@H]3CC[C@]12C. The van der Waals surface area contributed by atoms with Crippen molar-refractivity contribution in [3.8, 4) is 0 Å². The highest BCUT2D eigenvalue weighted by Gasteiger charge is 2.61. The summed E-state index contributed by atoms with van der Waals surface area (Å²) in [5, 5.41) is 10.7. The van der Waals surface area contributed by atoms with Gasteiger partial charge in [0.1, 0.15) is 0 Å². The molecular formula is C23H38OS. The zero-order valence-corrected chi connectivity index (χ0v) is 17.6. The van der Waals surface area contributed by atoms with E-state index in [-0.39, 0.29) is 0 Å². The van der Waals surface area contributed by atoms with Gasteiger partial charge in [-0.15, -0.1) is 0 Å². The highest BCUT2D eigenvalue weighted by Crippen LogP contribution is 2.68. The van der Waals surface area contributed by atoms with Crippen molar-refractivity contribution in [1.29, 1.82) is 0 Å². The third-order valence-corrected chi connectivity index (χ3v) is 10.1. The fourth-order valence-electron chi connectivity index (χ4n) is 8.11. The molecule has 0 aliphatic heterocycles. The van der Waals surface area contributed by atoms with Gasteiger partial charge in [-0.25, -0.2) is 0 Å². The standard InChI is InChI=1S/C23H38OS/c1-5-16-7-9-19-18-8-6-17-14-21(2,24)12-13-23(17,15-25-4)20(18)10-11-22(16,19)3/h5,17-20,24H,6-15H2,1-4H3/t17-,18+,19+,20+,21-,22-,23-/m1/s1. The average molecular weight is 363 g/mol. The largest absolute Gasteiger partial charge is 0.390 e. The summed E-state index contributed by atoms with van der Waals surface area (Å²) in [5.41, 5.74) is 2.38. The first-order chi connectivity index (χ1) is 11.9. The molecule has 1 nitrogen and oxygen atoms in total. The van der Waals surface area contributed by atoms with Crippen LogP contribution in [0.1, 0.15) is 78.6 Å². The lowest BCUT2D eigenvalue weighted by atomic mass is 9.44. The van der Waals surface area contributed by atoms with E-state index in [1.165, 1.54) is 50.7 Å². The second-order valence-electron chi connectivity index (χ2n) is 10.3. The zero-order valence-electron chi connectivity index (χ0n) is 16.8. The lowest BCUT2D eigenvalue weighted by molar-refractivity contribution is -0.136. The Kier molecular flexibility index (Phi) is 4.64. The summed E-state index contributed by atoms with van der Waals surface area (Å²) < 4.78 is 0. The van der Waals surface area contributed by atoms with Crippen LogP contribution in [0.3, 0.4) is 0 Å². The number of hydrogen-bond donors (Lipinski definition) is 1. The highest BCUT2D eigenvalue weighted by atomic mass is 32.2. The Bertz CT molecular complexity index is 552. The first kappa shape index (κ1) is 18.4. The lowest BCUT2D eigenvalue weighted by Crippen LogP contribution is -2.57. The highest BCUT2D eigenvalue weighted by molar-refractivity contribution is 7.98. The van der Waals surface area contributed by atoms with E-state index in [0.717, 1.165) is 36.5 Å². The molecule has 0 aromatic carbocycles. The summed E-state index contributed by atoms with van der Waals surface area (Å²) in [6.45, 7) is 6.95. The van der Waals surface area contributed by atoms with Crippen LogP contribution in [0, 0.1) is 34.5 Å². The number of allylic oxidation sites excluding steroid dienone is 2. The minimum atomic E-state index is -0.409. The van der Waals surface area contributed by atoms with Crippen LogP contribution in [-0.4, -0.2) is 22.7 Å². The van der Waals surface area contributed by atoms with Crippen LogP contribution in [0.25, 0.3) is 0 Å². The van der Waals surface area contributed by atoms with Crippen molar-refractivity contribution in [3.05, 3.63) is 11.6 Å². The minimum Gasteiger partial charge on any atom is -0.390 e. The Hall–Kier alpha value is 0.0500. The zero-order chi connectivity index (χ0) is 17.9. The molecule has 25 heavy (non-hydrogen) atoms. The van der Waals surface area contributed by atoms with Crippen LogP contribution >= 0.6 is 11.8 Å². The van der Waals surface area contributed by atoms with Crippen molar-refractivity contribution in [2.75, 3.05) is 12.0 Å². The van der Waals surface area contributed by atoms with E-state index in [2.05, 4.69) is 44.9 Å².